The summed E-state index contributed by atoms with van der Waals surface area (Å²) in [5, 5.41) is 9.34. The van der Waals surface area contributed by atoms with E-state index < -0.39 is 0 Å². The molecular weight excluding hydrogens is 232 g/mol. The van der Waals surface area contributed by atoms with Gasteiger partial charge in [0, 0.05) is 24.8 Å². The molecule has 1 atom stereocenters. The SMILES string of the molecule is Oc1ccc(C2CCCN3CCSN=C23)cc1. The molecule has 0 aliphatic carbocycles. The van der Waals surface area contributed by atoms with Crippen LogP contribution in [0.15, 0.2) is 28.7 Å². The third kappa shape index (κ3) is 2.14. The van der Waals surface area contributed by atoms with Gasteiger partial charge in [-0.1, -0.05) is 12.1 Å². The zero-order chi connectivity index (χ0) is 11.7. The summed E-state index contributed by atoms with van der Waals surface area (Å²) in [6, 6.07) is 7.58. The quantitative estimate of drug-likeness (QED) is 0.776. The summed E-state index contributed by atoms with van der Waals surface area (Å²) >= 11 is 1.68. The van der Waals surface area contributed by atoms with Crippen molar-refractivity contribution in [2.75, 3.05) is 18.8 Å². The Kier molecular flexibility index (Phi) is 2.97. The molecule has 0 bridgehead atoms. The highest BCUT2D eigenvalue weighted by Crippen LogP contribution is 2.33. The van der Waals surface area contributed by atoms with Crippen LogP contribution in [0.5, 0.6) is 5.75 Å². The van der Waals surface area contributed by atoms with E-state index in [1.165, 1.54) is 24.2 Å². The fourth-order valence-corrected chi connectivity index (χ4v) is 3.35. The van der Waals surface area contributed by atoms with E-state index >= 15 is 0 Å². The van der Waals surface area contributed by atoms with Gasteiger partial charge in [-0.25, -0.2) is 4.40 Å². The maximum atomic E-state index is 9.34. The van der Waals surface area contributed by atoms with Crippen LogP contribution in [-0.4, -0.2) is 34.7 Å². The summed E-state index contributed by atoms with van der Waals surface area (Å²) in [6.45, 7) is 2.27. The Morgan fingerprint density at radius 3 is 2.88 bits per heavy atom. The maximum Gasteiger partial charge on any atom is 0.120 e. The van der Waals surface area contributed by atoms with Crippen molar-refractivity contribution in [2.45, 2.75) is 18.8 Å². The van der Waals surface area contributed by atoms with Crippen molar-refractivity contribution < 1.29 is 5.11 Å². The second-order valence-electron chi connectivity index (χ2n) is 4.56. The van der Waals surface area contributed by atoms with Crippen LogP contribution < -0.4 is 0 Å². The largest absolute Gasteiger partial charge is 0.508 e. The Labute approximate surface area is 106 Å². The zero-order valence-electron chi connectivity index (χ0n) is 9.67. The number of fused-ring (bicyclic) bond motifs is 1. The van der Waals surface area contributed by atoms with Gasteiger partial charge in [0.05, 0.1) is 0 Å². The number of phenolic OH excluding ortho intramolecular Hbond substituents is 1. The van der Waals surface area contributed by atoms with Gasteiger partial charge in [-0.3, -0.25) is 0 Å². The lowest BCUT2D eigenvalue weighted by Gasteiger charge is -2.37. The molecule has 17 heavy (non-hydrogen) atoms. The van der Waals surface area contributed by atoms with Gasteiger partial charge in [0.25, 0.3) is 0 Å². The topological polar surface area (TPSA) is 35.8 Å². The van der Waals surface area contributed by atoms with Crippen LogP contribution in [0, 0.1) is 0 Å². The molecule has 1 saturated heterocycles. The minimum absolute atomic E-state index is 0.335. The lowest BCUT2D eigenvalue weighted by molar-refractivity contribution is 0.371. The fraction of sp³-hybridized carbons (Fsp3) is 0.462. The molecule has 90 valence electrons. The van der Waals surface area contributed by atoms with Crippen molar-refractivity contribution in [2.24, 2.45) is 4.40 Å². The molecule has 1 aromatic rings. The molecule has 2 heterocycles. The number of hydrogen-bond acceptors (Lipinski definition) is 4. The van der Waals surface area contributed by atoms with Crippen LogP contribution >= 0.6 is 11.9 Å². The molecule has 1 fully saturated rings. The lowest BCUT2D eigenvalue weighted by Crippen LogP contribution is -2.42. The summed E-state index contributed by atoms with van der Waals surface area (Å²) in [5.74, 6) is 3.09. The zero-order valence-corrected chi connectivity index (χ0v) is 10.5. The Morgan fingerprint density at radius 1 is 1.24 bits per heavy atom. The summed E-state index contributed by atoms with van der Waals surface area (Å²) in [7, 11) is 0. The minimum Gasteiger partial charge on any atom is -0.508 e. The van der Waals surface area contributed by atoms with Crippen molar-refractivity contribution in [3.8, 4) is 5.75 Å². The molecule has 3 nitrogen and oxygen atoms in total. The first kappa shape index (κ1) is 11.0. The van der Waals surface area contributed by atoms with Gasteiger partial charge in [0.1, 0.15) is 11.6 Å². The van der Waals surface area contributed by atoms with E-state index in [0.29, 0.717) is 11.7 Å². The first-order valence-electron chi connectivity index (χ1n) is 6.08. The first-order chi connectivity index (χ1) is 8.34. The van der Waals surface area contributed by atoms with Crippen LogP contribution in [0.4, 0.5) is 0 Å². The lowest BCUT2D eigenvalue weighted by atomic mass is 9.89. The molecule has 0 spiro atoms. The van der Waals surface area contributed by atoms with Gasteiger partial charge in [0.15, 0.2) is 0 Å². The molecule has 0 amide bonds. The van der Waals surface area contributed by atoms with Gasteiger partial charge >= 0.3 is 0 Å². The second kappa shape index (κ2) is 4.61. The van der Waals surface area contributed by atoms with Crippen LogP contribution in [-0.2, 0) is 0 Å². The number of amidine groups is 1. The van der Waals surface area contributed by atoms with Gasteiger partial charge < -0.3 is 10.0 Å². The Bertz CT molecular complexity index is 430. The number of nitrogens with zero attached hydrogens (tertiary/aromatic N) is 2. The van der Waals surface area contributed by atoms with Crippen molar-refractivity contribution in [3.05, 3.63) is 29.8 Å². The van der Waals surface area contributed by atoms with Crippen molar-refractivity contribution in [1.82, 2.24) is 4.90 Å². The molecule has 4 heteroatoms. The predicted molar refractivity (Wildman–Crippen MR) is 71.5 cm³/mol. The average Bonchev–Trinajstić information content (AvgIpc) is 2.39. The fourth-order valence-electron chi connectivity index (χ4n) is 2.58. The molecule has 0 saturated carbocycles. The van der Waals surface area contributed by atoms with Crippen LogP contribution in [0.25, 0.3) is 0 Å². The predicted octanol–water partition coefficient (Wildman–Crippen LogP) is 2.63. The van der Waals surface area contributed by atoms with Crippen LogP contribution in [0.1, 0.15) is 24.3 Å². The Balaban J connectivity index is 1.90. The number of hydrogen-bond donors (Lipinski definition) is 1. The molecule has 2 aliphatic rings. The number of rotatable bonds is 1. The molecule has 1 N–H and O–H groups in total. The second-order valence-corrected chi connectivity index (χ2v) is 5.41. The standard InChI is InChI=1S/C13H16N2OS/c16-11-5-3-10(4-6-11)12-2-1-7-15-8-9-17-14-13(12)15/h3-6,12,16H,1-2,7-9H2. The van der Waals surface area contributed by atoms with Crippen LogP contribution in [0.2, 0.25) is 0 Å². The van der Waals surface area contributed by atoms with E-state index in [1.54, 1.807) is 24.1 Å². The number of aromatic hydroxyl groups is 1. The summed E-state index contributed by atoms with van der Waals surface area (Å²) in [6.07, 6.45) is 2.40. The molecule has 1 aromatic carbocycles. The molecule has 0 radical (unpaired) electrons. The van der Waals surface area contributed by atoms with E-state index in [0.717, 1.165) is 18.8 Å². The summed E-state index contributed by atoms with van der Waals surface area (Å²) in [5.41, 5.74) is 1.27. The van der Waals surface area contributed by atoms with E-state index in [9.17, 15) is 5.11 Å². The highest BCUT2D eigenvalue weighted by molar-refractivity contribution is 7.98. The van der Waals surface area contributed by atoms with E-state index in [-0.39, 0.29) is 0 Å². The normalized spacial score (nSPS) is 24.1. The Morgan fingerprint density at radius 2 is 2.06 bits per heavy atom. The van der Waals surface area contributed by atoms with Crippen molar-refractivity contribution >= 4 is 17.8 Å². The van der Waals surface area contributed by atoms with Gasteiger partial charge in [-0.2, -0.15) is 0 Å². The molecule has 2 aliphatic heterocycles. The molecule has 3 rings (SSSR count). The first-order valence-corrected chi connectivity index (χ1v) is 7.02. The van der Waals surface area contributed by atoms with Crippen LogP contribution in [0.3, 0.4) is 0 Å². The number of piperidine rings is 1. The van der Waals surface area contributed by atoms with E-state index in [1.807, 2.05) is 12.1 Å². The minimum atomic E-state index is 0.335. The highest BCUT2D eigenvalue weighted by atomic mass is 32.2. The monoisotopic (exact) mass is 248 g/mol. The maximum absolute atomic E-state index is 9.34. The number of benzene rings is 1. The number of phenols is 1. The highest BCUT2D eigenvalue weighted by Gasteiger charge is 2.29. The van der Waals surface area contributed by atoms with E-state index in [2.05, 4.69) is 9.30 Å². The average molecular weight is 248 g/mol. The molecule has 1 unspecified atom stereocenters. The summed E-state index contributed by atoms with van der Waals surface area (Å²) < 4.78 is 4.63. The third-order valence-electron chi connectivity index (χ3n) is 3.46. The molecule has 0 aromatic heterocycles. The molecular formula is C13H16N2OS. The van der Waals surface area contributed by atoms with Crippen molar-refractivity contribution in [1.29, 1.82) is 0 Å². The Hall–Kier alpha value is -1.16. The third-order valence-corrected chi connectivity index (χ3v) is 4.14. The van der Waals surface area contributed by atoms with Crippen molar-refractivity contribution in [3.63, 3.8) is 0 Å². The van der Waals surface area contributed by atoms with Gasteiger partial charge in [0.2, 0.25) is 0 Å². The smallest absolute Gasteiger partial charge is 0.120 e. The van der Waals surface area contributed by atoms with E-state index in [4.69, 9.17) is 0 Å². The van der Waals surface area contributed by atoms with Gasteiger partial charge in [-0.15, -0.1) is 0 Å². The summed E-state index contributed by atoms with van der Waals surface area (Å²) in [4.78, 5) is 2.41. The van der Waals surface area contributed by atoms with Gasteiger partial charge in [-0.05, 0) is 42.5 Å².